The van der Waals surface area contributed by atoms with Crippen molar-refractivity contribution in [2.24, 2.45) is 0 Å². The van der Waals surface area contributed by atoms with Crippen molar-refractivity contribution >= 4 is 23.2 Å². The minimum absolute atomic E-state index is 0.195. The molecule has 0 bridgehead atoms. The first-order valence-corrected chi connectivity index (χ1v) is 7.30. The first-order valence-electron chi connectivity index (χ1n) is 6.92. The van der Waals surface area contributed by atoms with Crippen molar-refractivity contribution < 1.29 is 13.9 Å². The standard InChI is InChI=1S/C17H11ClFN3O2/c18-14-9-12(22-17(23)15-10-20-7-8-21-15)3-6-16(14)24-13-4-1-11(19)2-5-13/h1-10H,(H,22,23). The lowest BCUT2D eigenvalue weighted by Crippen LogP contribution is -2.13. The van der Waals surface area contributed by atoms with Gasteiger partial charge in [-0.25, -0.2) is 9.37 Å². The van der Waals surface area contributed by atoms with E-state index >= 15 is 0 Å². The van der Waals surface area contributed by atoms with E-state index in [9.17, 15) is 9.18 Å². The van der Waals surface area contributed by atoms with Crippen LogP contribution < -0.4 is 10.1 Å². The van der Waals surface area contributed by atoms with Gasteiger partial charge in [-0.15, -0.1) is 0 Å². The molecule has 24 heavy (non-hydrogen) atoms. The molecule has 3 aromatic rings. The molecule has 1 heterocycles. The van der Waals surface area contributed by atoms with E-state index in [0.29, 0.717) is 22.2 Å². The Kier molecular flexibility index (Phi) is 4.67. The van der Waals surface area contributed by atoms with Crippen LogP contribution in [0.15, 0.2) is 61.1 Å². The second-order valence-electron chi connectivity index (χ2n) is 4.75. The van der Waals surface area contributed by atoms with Gasteiger partial charge in [0, 0.05) is 18.1 Å². The van der Waals surface area contributed by atoms with Crippen molar-refractivity contribution in [1.82, 2.24) is 9.97 Å². The van der Waals surface area contributed by atoms with Gasteiger partial charge < -0.3 is 10.1 Å². The van der Waals surface area contributed by atoms with Crippen LogP contribution >= 0.6 is 11.6 Å². The number of rotatable bonds is 4. The first kappa shape index (κ1) is 15.9. The number of benzene rings is 2. The molecular formula is C17H11ClFN3O2. The molecule has 0 saturated heterocycles. The van der Waals surface area contributed by atoms with Crippen LogP contribution in [-0.4, -0.2) is 15.9 Å². The van der Waals surface area contributed by atoms with Gasteiger partial charge in [0.2, 0.25) is 0 Å². The van der Waals surface area contributed by atoms with Crippen molar-refractivity contribution in [3.05, 3.63) is 77.6 Å². The van der Waals surface area contributed by atoms with E-state index in [0.717, 1.165) is 0 Å². The molecule has 1 amide bonds. The molecule has 0 aliphatic rings. The summed E-state index contributed by atoms with van der Waals surface area (Å²) in [6, 6.07) is 10.4. The van der Waals surface area contributed by atoms with E-state index < -0.39 is 5.91 Å². The first-order chi connectivity index (χ1) is 11.6. The fourth-order valence-corrected chi connectivity index (χ4v) is 2.12. The number of halogens is 2. The largest absolute Gasteiger partial charge is 0.456 e. The summed E-state index contributed by atoms with van der Waals surface area (Å²) in [5.74, 6) is 0.0947. The highest BCUT2D eigenvalue weighted by Crippen LogP contribution is 2.31. The molecule has 0 fully saturated rings. The molecule has 1 aromatic heterocycles. The topological polar surface area (TPSA) is 64.1 Å². The van der Waals surface area contributed by atoms with E-state index in [4.69, 9.17) is 16.3 Å². The number of carbonyl (C=O) groups is 1. The van der Waals surface area contributed by atoms with Gasteiger partial charge in [-0.05, 0) is 42.5 Å². The van der Waals surface area contributed by atoms with Crippen LogP contribution in [0.3, 0.4) is 0 Å². The molecule has 0 atom stereocenters. The quantitative estimate of drug-likeness (QED) is 0.766. The van der Waals surface area contributed by atoms with E-state index in [1.165, 1.54) is 42.9 Å². The Hall–Kier alpha value is -2.99. The number of nitrogens with zero attached hydrogens (tertiary/aromatic N) is 2. The van der Waals surface area contributed by atoms with Crippen LogP contribution in [-0.2, 0) is 0 Å². The van der Waals surface area contributed by atoms with Gasteiger partial charge >= 0.3 is 0 Å². The molecule has 120 valence electrons. The van der Waals surface area contributed by atoms with Crippen LogP contribution in [0, 0.1) is 5.82 Å². The summed E-state index contributed by atoms with van der Waals surface area (Å²) in [6.45, 7) is 0. The Bertz CT molecular complexity index is 857. The predicted octanol–water partition coefficient (Wildman–Crippen LogP) is 4.31. The number of carbonyl (C=O) groups excluding carboxylic acids is 1. The molecule has 0 aliphatic carbocycles. The average Bonchev–Trinajstić information content (AvgIpc) is 2.60. The van der Waals surface area contributed by atoms with Gasteiger partial charge in [-0.2, -0.15) is 0 Å². The summed E-state index contributed by atoms with van der Waals surface area (Å²) in [6.07, 6.45) is 4.28. The summed E-state index contributed by atoms with van der Waals surface area (Å²) in [5.41, 5.74) is 0.683. The number of ether oxygens (including phenoxy) is 1. The summed E-state index contributed by atoms with van der Waals surface area (Å²) < 4.78 is 18.5. The van der Waals surface area contributed by atoms with Crippen molar-refractivity contribution in [1.29, 1.82) is 0 Å². The zero-order valence-electron chi connectivity index (χ0n) is 12.2. The molecule has 7 heteroatoms. The lowest BCUT2D eigenvalue weighted by atomic mass is 10.2. The van der Waals surface area contributed by atoms with Crippen LogP contribution in [0.2, 0.25) is 5.02 Å². The van der Waals surface area contributed by atoms with Crippen molar-refractivity contribution in [3.8, 4) is 11.5 Å². The molecule has 2 aromatic carbocycles. The zero-order valence-corrected chi connectivity index (χ0v) is 13.0. The van der Waals surface area contributed by atoms with Gasteiger partial charge in [0.1, 0.15) is 23.0 Å². The maximum atomic E-state index is 12.9. The number of aromatic nitrogens is 2. The molecule has 3 rings (SSSR count). The van der Waals surface area contributed by atoms with Crippen LogP contribution in [0.25, 0.3) is 0 Å². The van der Waals surface area contributed by atoms with Gasteiger partial charge in [0.15, 0.2) is 0 Å². The van der Waals surface area contributed by atoms with Crippen molar-refractivity contribution in [3.63, 3.8) is 0 Å². The van der Waals surface area contributed by atoms with Crippen LogP contribution in [0.4, 0.5) is 10.1 Å². The van der Waals surface area contributed by atoms with E-state index in [1.54, 1.807) is 18.2 Å². The molecule has 1 N–H and O–H groups in total. The third kappa shape index (κ3) is 3.85. The molecule has 0 radical (unpaired) electrons. The minimum atomic E-state index is -0.397. The minimum Gasteiger partial charge on any atom is -0.456 e. The molecule has 0 spiro atoms. The third-order valence-electron chi connectivity index (χ3n) is 3.03. The predicted molar refractivity (Wildman–Crippen MR) is 87.9 cm³/mol. The Morgan fingerprint density at radius 1 is 1.12 bits per heavy atom. The molecule has 5 nitrogen and oxygen atoms in total. The smallest absolute Gasteiger partial charge is 0.275 e. The normalized spacial score (nSPS) is 10.2. The maximum absolute atomic E-state index is 12.9. The van der Waals surface area contributed by atoms with E-state index in [1.807, 2.05) is 0 Å². The maximum Gasteiger partial charge on any atom is 0.275 e. The zero-order chi connectivity index (χ0) is 16.9. The second kappa shape index (κ2) is 7.06. The Morgan fingerprint density at radius 3 is 2.58 bits per heavy atom. The Balaban J connectivity index is 1.72. The van der Waals surface area contributed by atoms with E-state index in [-0.39, 0.29) is 11.5 Å². The fraction of sp³-hybridized carbons (Fsp3) is 0. The van der Waals surface area contributed by atoms with Crippen LogP contribution in [0.1, 0.15) is 10.5 Å². The highest BCUT2D eigenvalue weighted by Gasteiger charge is 2.10. The number of hydrogen-bond acceptors (Lipinski definition) is 4. The SMILES string of the molecule is O=C(Nc1ccc(Oc2ccc(F)cc2)c(Cl)c1)c1cnccn1. The summed E-state index contributed by atoms with van der Waals surface area (Å²) in [4.78, 5) is 19.8. The van der Waals surface area contributed by atoms with Crippen molar-refractivity contribution in [2.75, 3.05) is 5.32 Å². The number of hydrogen-bond donors (Lipinski definition) is 1. The second-order valence-corrected chi connectivity index (χ2v) is 5.15. The van der Waals surface area contributed by atoms with E-state index in [2.05, 4.69) is 15.3 Å². The highest BCUT2D eigenvalue weighted by atomic mass is 35.5. The lowest BCUT2D eigenvalue weighted by molar-refractivity contribution is 0.102. The Morgan fingerprint density at radius 2 is 1.92 bits per heavy atom. The Labute approximate surface area is 142 Å². The fourth-order valence-electron chi connectivity index (χ4n) is 1.90. The van der Waals surface area contributed by atoms with Gasteiger partial charge in [-0.1, -0.05) is 11.6 Å². The average molecular weight is 344 g/mol. The number of amides is 1. The summed E-state index contributed by atoms with van der Waals surface area (Å²) in [5, 5.41) is 2.97. The molecule has 0 unspecified atom stereocenters. The van der Waals surface area contributed by atoms with Gasteiger partial charge in [-0.3, -0.25) is 9.78 Å². The van der Waals surface area contributed by atoms with Crippen LogP contribution in [0.5, 0.6) is 11.5 Å². The number of anilines is 1. The number of nitrogens with one attached hydrogen (secondary N) is 1. The summed E-state index contributed by atoms with van der Waals surface area (Å²) in [7, 11) is 0. The lowest BCUT2D eigenvalue weighted by Gasteiger charge is -2.10. The molecular weight excluding hydrogens is 333 g/mol. The van der Waals surface area contributed by atoms with Gasteiger partial charge in [0.25, 0.3) is 5.91 Å². The third-order valence-corrected chi connectivity index (χ3v) is 3.32. The highest BCUT2D eigenvalue weighted by molar-refractivity contribution is 6.32. The van der Waals surface area contributed by atoms with Gasteiger partial charge in [0.05, 0.1) is 11.2 Å². The monoisotopic (exact) mass is 343 g/mol. The summed E-state index contributed by atoms with van der Waals surface area (Å²) >= 11 is 6.16. The molecule has 0 saturated carbocycles. The van der Waals surface area contributed by atoms with Crippen molar-refractivity contribution in [2.45, 2.75) is 0 Å². The molecule has 0 aliphatic heterocycles.